The summed E-state index contributed by atoms with van der Waals surface area (Å²) in [5, 5.41) is 27.0. The maximum absolute atomic E-state index is 12.9. The highest BCUT2D eigenvalue weighted by Gasteiger charge is 2.42. The van der Waals surface area contributed by atoms with Crippen molar-refractivity contribution in [2.45, 2.75) is 53.9 Å². The van der Waals surface area contributed by atoms with Crippen LogP contribution in [-0.2, 0) is 25.5 Å². The summed E-state index contributed by atoms with van der Waals surface area (Å²) < 4.78 is 10.4. The van der Waals surface area contributed by atoms with Gasteiger partial charge in [-0.1, -0.05) is 20.8 Å². The molecule has 0 aromatic heterocycles. The van der Waals surface area contributed by atoms with Gasteiger partial charge in [-0.05, 0) is 44.7 Å². The number of nitro groups is 1. The topological polar surface area (TPSA) is 140 Å². The average molecular weight is 482 g/mol. The summed E-state index contributed by atoms with van der Waals surface area (Å²) in [6, 6.07) is 2.68. The van der Waals surface area contributed by atoms with E-state index in [1.165, 1.54) is 0 Å². The molecule has 0 spiro atoms. The average Bonchev–Trinajstić information content (AvgIpc) is 2.77. The number of carbonyl (C=O) groups is 2. The number of carbonyl (C=O) groups excluding carboxylic acids is 2. The van der Waals surface area contributed by atoms with E-state index >= 15 is 0 Å². The van der Waals surface area contributed by atoms with E-state index in [1.54, 1.807) is 40.9 Å². The lowest BCUT2D eigenvalue weighted by Gasteiger charge is -2.34. The first-order chi connectivity index (χ1) is 15.9. The molecule has 0 saturated carbocycles. The number of nitrogens with one attached hydrogen (secondary N) is 2. The van der Waals surface area contributed by atoms with Crippen molar-refractivity contribution in [3.05, 3.63) is 33.4 Å². The van der Waals surface area contributed by atoms with Crippen molar-refractivity contribution in [3.63, 3.8) is 0 Å². The molecule has 10 nitrogen and oxygen atoms in total. The predicted octanol–water partition coefficient (Wildman–Crippen LogP) is 2.88. The Labute approximate surface area is 201 Å². The van der Waals surface area contributed by atoms with Crippen LogP contribution in [0, 0.1) is 27.9 Å². The van der Waals surface area contributed by atoms with E-state index in [2.05, 4.69) is 10.6 Å². The Hall–Kier alpha value is -2.72. The van der Waals surface area contributed by atoms with Crippen LogP contribution in [0.5, 0.6) is 5.75 Å². The summed E-state index contributed by atoms with van der Waals surface area (Å²) in [4.78, 5) is 36.4. The predicted molar refractivity (Wildman–Crippen MR) is 129 cm³/mol. The Kier molecular flexibility index (Phi) is 11.4. The monoisotopic (exact) mass is 481 g/mol. The number of hydrogen-bond donors (Lipinski definition) is 3. The van der Waals surface area contributed by atoms with Crippen LogP contribution in [0.2, 0.25) is 0 Å². The van der Waals surface area contributed by atoms with Gasteiger partial charge in [0.1, 0.15) is 12.4 Å². The van der Waals surface area contributed by atoms with Crippen LogP contribution < -0.4 is 10.6 Å². The number of benzene rings is 1. The molecule has 3 N–H and O–H groups in total. The fraction of sp³-hybridized carbons (Fsp3) is 0.667. The van der Waals surface area contributed by atoms with Crippen LogP contribution in [0.1, 0.15) is 51.7 Å². The number of methoxy groups -OCH3 is 1. The highest BCUT2D eigenvalue weighted by atomic mass is 16.6. The largest absolute Gasteiger partial charge is 0.507 e. The van der Waals surface area contributed by atoms with Gasteiger partial charge >= 0.3 is 5.97 Å². The molecule has 1 atom stereocenters. The molecule has 1 aromatic carbocycles. The minimum absolute atomic E-state index is 0.142. The summed E-state index contributed by atoms with van der Waals surface area (Å²) in [7, 11) is 1.62. The van der Waals surface area contributed by atoms with Crippen molar-refractivity contribution in [2.75, 3.05) is 40.0 Å². The van der Waals surface area contributed by atoms with Crippen LogP contribution in [-0.4, -0.2) is 61.9 Å². The molecule has 1 rings (SSSR count). The van der Waals surface area contributed by atoms with E-state index in [9.17, 15) is 24.8 Å². The van der Waals surface area contributed by atoms with Crippen LogP contribution >= 0.6 is 0 Å². The molecule has 0 aliphatic rings. The Bertz CT molecular complexity index is 857. The van der Waals surface area contributed by atoms with Gasteiger partial charge in [0.15, 0.2) is 0 Å². The quantitative estimate of drug-likeness (QED) is 0.150. The van der Waals surface area contributed by atoms with Crippen molar-refractivity contribution in [2.24, 2.45) is 10.8 Å². The molecule has 0 aliphatic heterocycles. The summed E-state index contributed by atoms with van der Waals surface area (Å²) >= 11 is 0. The van der Waals surface area contributed by atoms with Gasteiger partial charge in [-0.3, -0.25) is 19.7 Å². The smallest absolute Gasteiger partial charge is 0.311 e. The fourth-order valence-electron chi connectivity index (χ4n) is 3.75. The number of rotatable bonds is 15. The number of ether oxygens (including phenoxy) is 2. The van der Waals surface area contributed by atoms with E-state index in [0.29, 0.717) is 37.2 Å². The number of nitrogens with zero attached hydrogens (tertiary/aromatic N) is 1. The third-order valence-electron chi connectivity index (χ3n) is 5.99. The van der Waals surface area contributed by atoms with E-state index in [-0.39, 0.29) is 49.3 Å². The summed E-state index contributed by atoms with van der Waals surface area (Å²) in [5.74, 6) is -0.740. The van der Waals surface area contributed by atoms with Gasteiger partial charge in [-0.25, -0.2) is 0 Å². The minimum Gasteiger partial charge on any atom is -0.507 e. The van der Waals surface area contributed by atoms with Gasteiger partial charge in [0, 0.05) is 37.7 Å². The van der Waals surface area contributed by atoms with Crippen molar-refractivity contribution in [1.82, 2.24) is 10.6 Å². The second-order valence-electron chi connectivity index (χ2n) is 9.38. The molecule has 0 heterocycles. The van der Waals surface area contributed by atoms with Crippen LogP contribution in [0.4, 0.5) is 5.69 Å². The number of esters is 1. The SMILES string of the molecule is CCC(C)(CC(C)(C)C(=O)NCCc1cc(C)c(O)cc1[N+](=O)[O-])C(=O)OCCNCCOC. The van der Waals surface area contributed by atoms with E-state index in [0.717, 1.165) is 6.07 Å². The molecule has 0 aliphatic carbocycles. The van der Waals surface area contributed by atoms with Gasteiger partial charge < -0.3 is 25.2 Å². The third kappa shape index (κ3) is 8.57. The van der Waals surface area contributed by atoms with Crippen LogP contribution in [0.15, 0.2) is 12.1 Å². The van der Waals surface area contributed by atoms with Crippen molar-refractivity contribution in [3.8, 4) is 5.75 Å². The van der Waals surface area contributed by atoms with E-state index < -0.39 is 15.8 Å². The molecule has 0 bridgehead atoms. The maximum Gasteiger partial charge on any atom is 0.311 e. The highest BCUT2D eigenvalue weighted by Crippen LogP contribution is 2.38. The normalized spacial score (nSPS) is 13.2. The lowest BCUT2D eigenvalue weighted by Crippen LogP contribution is -2.43. The number of aryl methyl sites for hydroxylation is 1. The van der Waals surface area contributed by atoms with E-state index in [1.807, 2.05) is 6.92 Å². The first-order valence-corrected chi connectivity index (χ1v) is 11.5. The zero-order chi connectivity index (χ0) is 25.9. The molecule has 1 amide bonds. The zero-order valence-electron chi connectivity index (χ0n) is 21.2. The standard InChI is InChI=1S/C24H39N3O7/c1-7-24(5,22(30)34-13-11-25-10-12-33-6)16-23(3,4)21(29)26-9-8-18-14-17(2)20(28)15-19(18)27(31)32/h14-15,25,28H,7-13,16H2,1-6H3,(H,26,29). The summed E-state index contributed by atoms with van der Waals surface area (Å²) in [6.45, 7) is 11.0. The zero-order valence-corrected chi connectivity index (χ0v) is 21.2. The summed E-state index contributed by atoms with van der Waals surface area (Å²) in [5.41, 5.74) is -0.926. The summed E-state index contributed by atoms with van der Waals surface area (Å²) in [6.07, 6.45) is 1.04. The molecule has 192 valence electrons. The number of aromatic hydroxyl groups is 1. The lowest BCUT2D eigenvalue weighted by molar-refractivity contribution is -0.385. The number of amides is 1. The maximum atomic E-state index is 12.9. The Morgan fingerprint density at radius 2 is 1.79 bits per heavy atom. The second kappa shape index (κ2) is 13.2. The number of nitro benzene ring substituents is 1. The second-order valence-corrected chi connectivity index (χ2v) is 9.38. The number of phenols is 1. The molecule has 0 radical (unpaired) electrons. The molecule has 0 fully saturated rings. The molecular weight excluding hydrogens is 442 g/mol. The van der Waals surface area contributed by atoms with Gasteiger partial charge in [-0.15, -0.1) is 0 Å². The first-order valence-electron chi connectivity index (χ1n) is 11.5. The van der Waals surface area contributed by atoms with Crippen molar-refractivity contribution < 1.29 is 29.1 Å². The first kappa shape index (κ1) is 29.3. The fourth-order valence-corrected chi connectivity index (χ4v) is 3.75. The molecular formula is C24H39N3O7. The third-order valence-corrected chi connectivity index (χ3v) is 5.99. The molecule has 1 unspecified atom stereocenters. The van der Waals surface area contributed by atoms with Gasteiger partial charge in [0.05, 0.1) is 23.0 Å². The Morgan fingerprint density at radius 3 is 2.38 bits per heavy atom. The van der Waals surface area contributed by atoms with Crippen LogP contribution in [0.25, 0.3) is 0 Å². The Balaban J connectivity index is 2.69. The minimum atomic E-state index is -0.864. The van der Waals surface area contributed by atoms with E-state index in [4.69, 9.17) is 9.47 Å². The molecule has 10 heteroatoms. The van der Waals surface area contributed by atoms with Gasteiger partial charge in [-0.2, -0.15) is 0 Å². The molecule has 1 aromatic rings. The lowest BCUT2D eigenvalue weighted by atomic mass is 9.72. The van der Waals surface area contributed by atoms with Crippen LogP contribution in [0.3, 0.4) is 0 Å². The Morgan fingerprint density at radius 1 is 1.15 bits per heavy atom. The van der Waals surface area contributed by atoms with Crippen molar-refractivity contribution in [1.29, 1.82) is 0 Å². The molecule has 0 saturated heterocycles. The van der Waals surface area contributed by atoms with Crippen molar-refractivity contribution >= 4 is 17.6 Å². The highest BCUT2D eigenvalue weighted by molar-refractivity contribution is 5.84. The molecule has 34 heavy (non-hydrogen) atoms. The number of phenolic OH excluding ortho intramolecular Hbond substituents is 1. The van der Waals surface area contributed by atoms with Gasteiger partial charge in [0.2, 0.25) is 5.91 Å². The number of hydrogen-bond acceptors (Lipinski definition) is 8. The van der Waals surface area contributed by atoms with Gasteiger partial charge in [0.25, 0.3) is 5.69 Å².